The number of hydrogen-bond donors (Lipinski definition) is 0. The average molecular weight is 304 g/mol. The molecule has 4 heteroatoms. The number of hydrogen-bond acceptors (Lipinski definition) is 2. The summed E-state index contributed by atoms with van der Waals surface area (Å²) in [5, 5.41) is 0. The molecule has 1 aromatic rings. The second-order valence-electron chi connectivity index (χ2n) is 6.75. The Hall–Kier alpha value is -1.42. The normalized spacial score (nSPS) is 26.9. The third-order valence-corrected chi connectivity index (χ3v) is 5.17. The SMILES string of the molecule is CC1CCC(N2CCN(C(=O)c3cccc(F)c3)CC2)CC1. The molecule has 1 aliphatic heterocycles. The number of carbonyl (C=O) groups excluding carboxylic acids is 1. The summed E-state index contributed by atoms with van der Waals surface area (Å²) < 4.78 is 13.3. The highest BCUT2D eigenvalue weighted by atomic mass is 19.1. The van der Waals surface area contributed by atoms with Gasteiger partial charge >= 0.3 is 0 Å². The van der Waals surface area contributed by atoms with E-state index < -0.39 is 0 Å². The number of piperazine rings is 1. The second kappa shape index (κ2) is 6.78. The molecular formula is C18H25FN2O. The summed E-state index contributed by atoms with van der Waals surface area (Å²) in [6, 6.07) is 6.70. The predicted octanol–water partition coefficient (Wildman–Crippen LogP) is 3.16. The number of halogens is 1. The summed E-state index contributed by atoms with van der Waals surface area (Å²) >= 11 is 0. The van der Waals surface area contributed by atoms with E-state index in [2.05, 4.69) is 11.8 Å². The van der Waals surface area contributed by atoms with Crippen molar-refractivity contribution in [3.63, 3.8) is 0 Å². The largest absolute Gasteiger partial charge is 0.336 e. The lowest BCUT2D eigenvalue weighted by molar-refractivity contribution is 0.0501. The molecule has 0 bridgehead atoms. The van der Waals surface area contributed by atoms with Gasteiger partial charge in [0.25, 0.3) is 5.91 Å². The average Bonchev–Trinajstić information content (AvgIpc) is 2.55. The van der Waals surface area contributed by atoms with E-state index in [1.54, 1.807) is 12.1 Å². The number of nitrogens with zero attached hydrogens (tertiary/aromatic N) is 2. The minimum absolute atomic E-state index is 0.0450. The standard InChI is InChI=1S/C18H25FN2O/c1-14-5-7-17(8-6-14)20-9-11-21(12-10-20)18(22)15-3-2-4-16(19)13-15/h2-4,13-14,17H,5-12H2,1H3. The van der Waals surface area contributed by atoms with Crippen LogP contribution in [0.5, 0.6) is 0 Å². The van der Waals surface area contributed by atoms with E-state index in [0.717, 1.165) is 32.1 Å². The van der Waals surface area contributed by atoms with E-state index in [9.17, 15) is 9.18 Å². The van der Waals surface area contributed by atoms with E-state index in [4.69, 9.17) is 0 Å². The molecule has 0 radical (unpaired) electrons. The van der Waals surface area contributed by atoms with Gasteiger partial charge in [0.05, 0.1) is 0 Å². The number of amides is 1. The second-order valence-corrected chi connectivity index (χ2v) is 6.75. The molecule has 22 heavy (non-hydrogen) atoms. The maximum Gasteiger partial charge on any atom is 0.254 e. The van der Waals surface area contributed by atoms with E-state index in [1.165, 1.54) is 37.8 Å². The predicted molar refractivity (Wildman–Crippen MR) is 85.3 cm³/mol. The zero-order valence-corrected chi connectivity index (χ0v) is 13.3. The molecule has 1 heterocycles. The van der Waals surface area contributed by atoms with Crippen LogP contribution in [0.15, 0.2) is 24.3 Å². The van der Waals surface area contributed by atoms with Crippen molar-refractivity contribution in [1.29, 1.82) is 0 Å². The minimum atomic E-state index is -0.346. The zero-order chi connectivity index (χ0) is 15.5. The van der Waals surface area contributed by atoms with Crippen molar-refractivity contribution in [2.75, 3.05) is 26.2 Å². The Kier molecular flexibility index (Phi) is 4.77. The van der Waals surface area contributed by atoms with Crippen molar-refractivity contribution < 1.29 is 9.18 Å². The minimum Gasteiger partial charge on any atom is -0.336 e. The highest BCUT2D eigenvalue weighted by Crippen LogP contribution is 2.27. The maximum atomic E-state index is 13.3. The van der Waals surface area contributed by atoms with Crippen LogP contribution in [0.4, 0.5) is 4.39 Å². The van der Waals surface area contributed by atoms with Crippen LogP contribution in [0.2, 0.25) is 0 Å². The highest BCUT2D eigenvalue weighted by molar-refractivity contribution is 5.94. The third-order valence-electron chi connectivity index (χ3n) is 5.17. The molecule has 1 saturated heterocycles. The molecule has 1 aliphatic carbocycles. The molecule has 2 aliphatic rings. The first-order valence-corrected chi connectivity index (χ1v) is 8.42. The van der Waals surface area contributed by atoms with Gasteiger partial charge in [-0.3, -0.25) is 9.69 Å². The van der Waals surface area contributed by atoms with Gasteiger partial charge in [0, 0.05) is 37.8 Å². The van der Waals surface area contributed by atoms with Crippen LogP contribution in [-0.2, 0) is 0 Å². The van der Waals surface area contributed by atoms with Crippen molar-refractivity contribution >= 4 is 5.91 Å². The Morgan fingerprint density at radius 3 is 2.41 bits per heavy atom. The van der Waals surface area contributed by atoms with Crippen molar-refractivity contribution in [1.82, 2.24) is 9.80 Å². The smallest absolute Gasteiger partial charge is 0.254 e. The molecule has 1 aromatic carbocycles. The Morgan fingerprint density at radius 2 is 1.77 bits per heavy atom. The molecule has 3 rings (SSSR count). The fourth-order valence-corrected chi connectivity index (χ4v) is 3.70. The summed E-state index contributed by atoms with van der Waals surface area (Å²) in [4.78, 5) is 16.8. The van der Waals surface area contributed by atoms with Gasteiger partial charge < -0.3 is 4.90 Å². The van der Waals surface area contributed by atoms with Gasteiger partial charge in [0.2, 0.25) is 0 Å². The van der Waals surface area contributed by atoms with Crippen LogP contribution in [0.3, 0.4) is 0 Å². The van der Waals surface area contributed by atoms with E-state index in [-0.39, 0.29) is 11.7 Å². The first kappa shape index (κ1) is 15.5. The van der Waals surface area contributed by atoms with Gasteiger partial charge in [0.15, 0.2) is 0 Å². The summed E-state index contributed by atoms with van der Waals surface area (Å²) in [5.74, 6) is 0.476. The van der Waals surface area contributed by atoms with Crippen LogP contribution in [0, 0.1) is 11.7 Å². The van der Waals surface area contributed by atoms with E-state index in [1.807, 2.05) is 4.90 Å². The molecule has 120 valence electrons. The molecule has 0 atom stereocenters. The first-order chi connectivity index (χ1) is 10.6. The number of rotatable bonds is 2. The van der Waals surface area contributed by atoms with Gasteiger partial charge in [0.1, 0.15) is 5.82 Å². The van der Waals surface area contributed by atoms with Crippen LogP contribution in [0.25, 0.3) is 0 Å². The molecular weight excluding hydrogens is 279 g/mol. The quantitative estimate of drug-likeness (QED) is 0.838. The lowest BCUT2D eigenvalue weighted by atomic mass is 9.86. The van der Waals surface area contributed by atoms with Gasteiger partial charge in [-0.15, -0.1) is 0 Å². The van der Waals surface area contributed by atoms with E-state index in [0.29, 0.717) is 11.6 Å². The monoisotopic (exact) mass is 304 g/mol. The highest BCUT2D eigenvalue weighted by Gasteiger charge is 2.28. The molecule has 0 aromatic heterocycles. The summed E-state index contributed by atoms with van der Waals surface area (Å²) in [6.45, 7) is 5.73. The van der Waals surface area contributed by atoms with E-state index >= 15 is 0 Å². The Morgan fingerprint density at radius 1 is 1.09 bits per heavy atom. The van der Waals surface area contributed by atoms with Gasteiger partial charge in [-0.25, -0.2) is 4.39 Å². The molecule has 0 unspecified atom stereocenters. The summed E-state index contributed by atoms with van der Waals surface area (Å²) in [7, 11) is 0. The van der Waals surface area contributed by atoms with Gasteiger partial charge in [-0.2, -0.15) is 0 Å². The van der Waals surface area contributed by atoms with Crippen LogP contribution >= 0.6 is 0 Å². The van der Waals surface area contributed by atoms with Crippen molar-refractivity contribution in [3.05, 3.63) is 35.6 Å². The van der Waals surface area contributed by atoms with Crippen molar-refractivity contribution in [3.8, 4) is 0 Å². The molecule has 3 nitrogen and oxygen atoms in total. The summed E-state index contributed by atoms with van der Waals surface area (Å²) in [6.07, 6.45) is 5.23. The van der Waals surface area contributed by atoms with Crippen LogP contribution < -0.4 is 0 Å². The fraction of sp³-hybridized carbons (Fsp3) is 0.611. The van der Waals surface area contributed by atoms with Crippen LogP contribution in [-0.4, -0.2) is 47.9 Å². The Balaban J connectivity index is 1.54. The Labute approximate surface area is 132 Å². The topological polar surface area (TPSA) is 23.6 Å². The zero-order valence-electron chi connectivity index (χ0n) is 13.3. The lowest BCUT2D eigenvalue weighted by Crippen LogP contribution is -2.52. The molecule has 0 N–H and O–H groups in total. The fourth-order valence-electron chi connectivity index (χ4n) is 3.70. The molecule has 1 amide bonds. The number of carbonyl (C=O) groups is 1. The lowest BCUT2D eigenvalue weighted by Gasteiger charge is -2.41. The maximum absolute atomic E-state index is 13.3. The first-order valence-electron chi connectivity index (χ1n) is 8.42. The molecule has 2 fully saturated rings. The summed E-state index contributed by atoms with van der Waals surface area (Å²) in [5.41, 5.74) is 0.458. The Bertz CT molecular complexity index is 518. The van der Waals surface area contributed by atoms with Gasteiger partial charge in [-0.05, 0) is 49.8 Å². The molecule has 1 saturated carbocycles. The van der Waals surface area contributed by atoms with Crippen molar-refractivity contribution in [2.24, 2.45) is 5.92 Å². The van der Waals surface area contributed by atoms with Gasteiger partial charge in [-0.1, -0.05) is 13.0 Å². The number of benzene rings is 1. The van der Waals surface area contributed by atoms with Crippen LogP contribution in [0.1, 0.15) is 43.0 Å². The van der Waals surface area contributed by atoms with Crippen molar-refractivity contribution in [2.45, 2.75) is 38.6 Å². The third kappa shape index (κ3) is 3.49. The molecule has 0 spiro atoms.